The van der Waals surface area contributed by atoms with E-state index in [0.29, 0.717) is 25.1 Å². The third-order valence-electron chi connectivity index (χ3n) is 5.85. The highest BCUT2D eigenvalue weighted by atomic mass is 32.2. The van der Waals surface area contributed by atoms with Gasteiger partial charge in [0.2, 0.25) is 10.0 Å². The maximum Gasteiger partial charge on any atom is 0.418 e. The number of nitrogens with two attached hydrogens (primary N) is 1. The first kappa shape index (κ1) is 21.4. The van der Waals surface area contributed by atoms with Crippen LogP contribution in [0.2, 0.25) is 0 Å². The standard InChI is InChI=1S/C19H28F3N3O2S/c1-14-6-9-24(10-7-14)12-15-3-2-8-25(13-15)18-5-4-16(28(23,26)27)11-17(18)19(20,21)22/h4-5,11,14-15H,2-3,6-10,12-13H2,1H3,(H2,23,26,27). The fourth-order valence-electron chi connectivity index (χ4n) is 4.24. The Morgan fingerprint density at radius 1 is 1.14 bits per heavy atom. The van der Waals surface area contributed by atoms with Crippen molar-refractivity contribution in [3.63, 3.8) is 0 Å². The number of piperidine rings is 2. The average Bonchev–Trinajstić information content (AvgIpc) is 2.62. The van der Waals surface area contributed by atoms with Crippen LogP contribution in [0.1, 0.15) is 38.2 Å². The second-order valence-corrected chi connectivity index (χ2v) is 9.72. The molecule has 2 heterocycles. The van der Waals surface area contributed by atoms with Gasteiger partial charge in [-0.1, -0.05) is 6.92 Å². The summed E-state index contributed by atoms with van der Waals surface area (Å²) in [6.07, 6.45) is -0.484. The Kier molecular flexibility index (Phi) is 6.26. The average molecular weight is 420 g/mol. The number of alkyl halides is 3. The molecule has 0 bridgehead atoms. The van der Waals surface area contributed by atoms with Crippen LogP contribution < -0.4 is 10.0 Å². The highest BCUT2D eigenvalue weighted by Crippen LogP contribution is 2.39. The Bertz CT molecular complexity index is 790. The lowest BCUT2D eigenvalue weighted by atomic mass is 9.93. The SMILES string of the molecule is CC1CCN(CC2CCCN(c3ccc(S(N)(=O)=O)cc3C(F)(F)F)C2)CC1. The number of primary sulfonamides is 1. The second-order valence-electron chi connectivity index (χ2n) is 8.16. The minimum Gasteiger partial charge on any atom is -0.371 e. The summed E-state index contributed by atoms with van der Waals surface area (Å²) in [5.41, 5.74) is -0.900. The van der Waals surface area contributed by atoms with Crippen molar-refractivity contribution in [3.05, 3.63) is 23.8 Å². The van der Waals surface area contributed by atoms with Crippen LogP contribution in [0.5, 0.6) is 0 Å². The predicted molar refractivity (Wildman–Crippen MR) is 103 cm³/mol. The van der Waals surface area contributed by atoms with Crippen LogP contribution in [0.25, 0.3) is 0 Å². The number of likely N-dealkylation sites (tertiary alicyclic amines) is 1. The van der Waals surface area contributed by atoms with Gasteiger partial charge in [0, 0.05) is 25.3 Å². The van der Waals surface area contributed by atoms with Gasteiger partial charge in [-0.3, -0.25) is 0 Å². The highest BCUT2D eigenvalue weighted by molar-refractivity contribution is 7.89. The van der Waals surface area contributed by atoms with Crippen LogP contribution in [-0.2, 0) is 16.2 Å². The van der Waals surface area contributed by atoms with Crippen molar-refractivity contribution in [2.24, 2.45) is 17.0 Å². The van der Waals surface area contributed by atoms with Crippen LogP contribution in [0.4, 0.5) is 18.9 Å². The number of halogens is 3. The lowest BCUT2D eigenvalue weighted by Crippen LogP contribution is -2.43. The lowest BCUT2D eigenvalue weighted by molar-refractivity contribution is -0.137. The smallest absolute Gasteiger partial charge is 0.371 e. The van der Waals surface area contributed by atoms with Crippen LogP contribution >= 0.6 is 0 Å². The molecule has 1 unspecified atom stereocenters. The number of sulfonamides is 1. The molecule has 2 aliphatic heterocycles. The van der Waals surface area contributed by atoms with Crippen LogP contribution in [0.15, 0.2) is 23.1 Å². The zero-order valence-electron chi connectivity index (χ0n) is 16.1. The molecule has 1 atom stereocenters. The van der Waals surface area contributed by atoms with E-state index < -0.39 is 26.7 Å². The largest absolute Gasteiger partial charge is 0.418 e. The first-order valence-corrected chi connectivity index (χ1v) is 11.3. The Morgan fingerprint density at radius 3 is 2.43 bits per heavy atom. The highest BCUT2D eigenvalue weighted by Gasteiger charge is 2.37. The molecule has 0 amide bonds. The van der Waals surface area contributed by atoms with Crippen LogP contribution in [0, 0.1) is 11.8 Å². The molecule has 158 valence electrons. The van der Waals surface area contributed by atoms with E-state index in [9.17, 15) is 21.6 Å². The topological polar surface area (TPSA) is 66.6 Å². The number of rotatable bonds is 4. The second kappa shape index (κ2) is 8.20. The van der Waals surface area contributed by atoms with Gasteiger partial charge in [-0.05, 0) is 68.8 Å². The number of nitrogens with zero attached hydrogens (tertiary/aromatic N) is 2. The molecule has 2 fully saturated rings. The Balaban J connectivity index is 1.78. The first-order valence-electron chi connectivity index (χ1n) is 9.75. The third-order valence-corrected chi connectivity index (χ3v) is 6.77. The summed E-state index contributed by atoms with van der Waals surface area (Å²) >= 11 is 0. The first-order chi connectivity index (χ1) is 13.0. The Hall–Kier alpha value is -1.32. The van der Waals surface area contributed by atoms with Gasteiger partial charge >= 0.3 is 6.18 Å². The van der Waals surface area contributed by atoms with Crippen molar-refractivity contribution in [1.82, 2.24) is 4.90 Å². The fraction of sp³-hybridized carbons (Fsp3) is 0.684. The minimum atomic E-state index is -4.65. The summed E-state index contributed by atoms with van der Waals surface area (Å²) in [5, 5.41) is 5.02. The summed E-state index contributed by atoms with van der Waals surface area (Å²) in [6.45, 7) is 6.33. The molecule has 2 aliphatic rings. The predicted octanol–water partition coefficient (Wildman–Crippen LogP) is 3.30. The molecule has 0 spiro atoms. The van der Waals surface area contributed by atoms with E-state index in [4.69, 9.17) is 5.14 Å². The fourth-order valence-corrected chi connectivity index (χ4v) is 4.78. The van der Waals surface area contributed by atoms with E-state index >= 15 is 0 Å². The van der Waals surface area contributed by atoms with E-state index in [1.165, 1.54) is 18.9 Å². The zero-order valence-corrected chi connectivity index (χ0v) is 16.9. The monoisotopic (exact) mass is 419 g/mol. The molecule has 3 rings (SSSR count). The Morgan fingerprint density at radius 2 is 1.82 bits per heavy atom. The lowest BCUT2D eigenvalue weighted by Gasteiger charge is -2.39. The molecule has 0 aliphatic carbocycles. The summed E-state index contributed by atoms with van der Waals surface area (Å²) in [7, 11) is -4.19. The van der Waals surface area contributed by atoms with E-state index in [1.54, 1.807) is 4.90 Å². The summed E-state index contributed by atoms with van der Waals surface area (Å²) in [6, 6.07) is 3.06. The van der Waals surface area contributed by atoms with Gasteiger partial charge in [-0.2, -0.15) is 13.2 Å². The van der Waals surface area contributed by atoms with Gasteiger partial charge in [0.05, 0.1) is 10.5 Å². The van der Waals surface area contributed by atoms with Gasteiger partial charge in [0.1, 0.15) is 0 Å². The van der Waals surface area contributed by atoms with Gasteiger partial charge in [0.15, 0.2) is 0 Å². The molecule has 2 saturated heterocycles. The molecular weight excluding hydrogens is 391 g/mol. The molecular formula is C19H28F3N3O2S. The zero-order chi connectivity index (χ0) is 20.5. The van der Waals surface area contributed by atoms with E-state index in [2.05, 4.69) is 11.8 Å². The van der Waals surface area contributed by atoms with E-state index in [0.717, 1.165) is 44.5 Å². The maximum atomic E-state index is 13.6. The maximum absolute atomic E-state index is 13.6. The molecule has 2 N–H and O–H groups in total. The number of hydrogen-bond donors (Lipinski definition) is 1. The van der Waals surface area contributed by atoms with Crippen LogP contribution in [-0.4, -0.2) is 46.0 Å². The van der Waals surface area contributed by atoms with Crippen molar-refractivity contribution in [2.45, 2.75) is 43.7 Å². The number of anilines is 1. The van der Waals surface area contributed by atoms with Gasteiger partial charge in [-0.15, -0.1) is 0 Å². The minimum absolute atomic E-state index is 0.0388. The molecule has 0 aromatic heterocycles. The molecule has 28 heavy (non-hydrogen) atoms. The van der Waals surface area contributed by atoms with Crippen molar-refractivity contribution in [3.8, 4) is 0 Å². The molecule has 9 heteroatoms. The normalized spacial score (nSPS) is 23.2. The molecule has 1 aromatic rings. The molecule has 5 nitrogen and oxygen atoms in total. The van der Waals surface area contributed by atoms with Gasteiger partial charge < -0.3 is 9.80 Å². The van der Waals surface area contributed by atoms with E-state index in [1.807, 2.05) is 0 Å². The summed E-state index contributed by atoms with van der Waals surface area (Å²) in [4.78, 5) is 3.65. The summed E-state index contributed by atoms with van der Waals surface area (Å²) < 4.78 is 63.8. The quantitative estimate of drug-likeness (QED) is 0.813. The van der Waals surface area contributed by atoms with E-state index in [-0.39, 0.29) is 5.69 Å². The summed E-state index contributed by atoms with van der Waals surface area (Å²) in [5.74, 6) is 1.05. The molecule has 0 radical (unpaired) electrons. The van der Waals surface area contributed by atoms with Crippen molar-refractivity contribution < 1.29 is 21.6 Å². The Labute approximate surface area is 164 Å². The van der Waals surface area contributed by atoms with Gasteiger partial charge in [-0.25, -0.2) is 13.6 Å². The van der Waals surface area contributed by atoms with Crippen LogP contribution in [0.3, 0.4) is 0 Å². The van der Waals surface area contributed by atoms with Crippen molar-refractivity contribution in [2.75, 3.05) is 37.6 Å². The van der Waals surface area contributed by atoms with Gasteiger partial charge in [0.25, 0.3) is 0 Å². The molecule has 0 saturated carbocycles. The van der Waals surface area contributed by atoms with Crippen molar-refractivity contribution >= 4 is 15.7 Å². The number of hydrogen-bond acceptors (Lipinski definition) is 4. The number of benzene rings is 1. The third kappa shape index (κ3) is 5.18. The molecule has 1 aromatic carbocycles. The van der Waals surface area contributed by atoms with Crippen molar-refractivity contribution in [1.29, 1.82) is 0 Å².